The summed E-state index contributed by atoms with van der Waals surface area (Å²) in [7, 11) is 0. The Morgan fingerprint density at radius 2 is 1.91 bits per heavy atom. The van der Waals surface area contributed by atoms with Crippen LogP contribution >= 0.6 is 0 Å². The lowest BCUT2D eigenvalue weighted by atomic mass is 10.0. The van der Waals surface area contributed by atoms with Gasteiger partial charge in [-0.15, -0.1) is 0 Å². The number of nitrogen functional groups attached to an aromatic ring is 1. The molecular weight excluding hydrogens is 294 g/mol. The molecule has 2 aromatic carbocycles. The number of carbonyl (C=O) groups is 2. The van der Waals surface area contributed by atoms with Crippen LogP contribution in [0.5, 0.6) is 5.75 Å². The van der Waals surface area contributed by atoms with Crippen LogP contribution in [0.3, 0.4) is 0 Å². The molecule has 2 amide bonds. The first-order valence-electron chi connectivity index (χ1n) is 7.24. The van der Waals surface area contributed by atoms with Gasteiger partial charge in [0.15, 0.2) is 6.10 Å². The fraction of sp³-hybridized carbons (Fsp3) is 0.176. The van der Waals surface area contributed by atoms with Crippen LogP contribution < -0.4 is 21.1 Å². The van der Waals surface area contributed by atoms with E-state index in [1.54, 1.807) is 18.2 Å². The molecule has 1 atom stereocenters. The molecule has 118 valence electrons. The zero-order valence-electron chi connectivity index (χ0n) is 12.4. The van der Waals surface area contributed by atoms with E-state index in [9.17, 15) is 9.59 Å². The second-order valence-corrected chi connectivity index (χ2v) is 5.41. The number of nitrogens with zero attached hydrogens (tertiary/aromatic N) is 1. The number of anilines is 2. The predicted octanol–water partition coefficient (Wildman–Crippen LogP) is 1.09. The maximum absolute atomic E-state index is 12.7. The van der Waals surface area contributed by atoms with Crippen molar-refractivity contribution < 1.29 is 14.3 Å². The van der Waals surface area contributed by atoms with Gasteiger partial charge in [0.05, 0.1) is 5.69 Å². The van der Waals surface area contributed by atoms with Gasteiger partial charge in [0, 0.05) is 18.2 Å². The van der Waals surface area contributed by atoms with Crippen LogP contribution in [-0.4, -0.2) is 24.5 Å². The lowest BCUT2D eigenvalue weighted by Crippen LogP contribution is -2.49. The number of benzene rings is 2. The number of nitrogens with two attached hydrogens (primary N) is 2. The number of primary amides is 1. The van der Waals surface area contributed by atoms with Gasteiger partial charge in [0.1, 0.15) is 12.3 Å². The lowest BCUT2D eigenvalue weighted by Gasteiger charge is -2.34. The molecule has 0 bridgehead atoms. The van der Waals surface area contributed by atoms with Crippen LogP contribution in [0.15, 0.2) is 48.5 Å². The number of carbonyl (C=O) groups excluding carboxylic acids is 2. The third-order valence-electron chi connectivity index (χ3n) is 3.66. The van der Waals surface area contributed by atoms with E-state index in [0.29, 0.717) is 23.5 Å². The third kappa shape index (κ3) is 3.11. The van der Waals surface area contributed by atoms with Gasteiger partial charge in [-0.25, -0.2) is 0 Å². The Balaban J connectivity index is 1.94. The van der Waals surface area contributed by atoms with Gasteiger partial charge >= 0.3 is 0 Å². The van der Waals surface area contributed by atoms with E-state index >= 15 is 0 Å². The summed E-state index contributed by atoms with van der Waals surface area (Å²) in [5.74, 6) is -0.391. The highest BCUT2D eigenvalue weighted by molar-refractivity contribution is 6.04. The molecule has 0 fully saturated rings. The van der Waals surface area contributed by atoms with Gasteiger partial charge in [-0.3, -0.25) is 14.5 Å². The first kappa shape index (κ1) is 14.9. The Morgan fingerprint density at radius 1 is 1.17 bits per heavy atom. The van der Waals surface area contributed by atoms with Crippen molar-refractivity contribution >= 4 is 23.2 Å². The average Bonchev–Trinajstić information content (AvgIpc) is 2.52. The Kier molecular flexibility index (Phi) is 3.89. The fourth-order valence-electron chi connectivity index (χ4n) is 2.62. The van der Waals surface area contributed by atoms with Crippen molar-refractivity contribution in [1.82, 2.24) is 0 Å². The summed E-state index contributed by atoms with van der Waals surface area (Å²) < 4.78 is 5.82. The summed E-state index contributed by atoms with van der Waals surface area (Å²) in [5.41, 5.74) is 13.1. The topological polar surface area (TPSA) is 98.7 Å². The second-order valence-electron chi connectivity index (χ2n) is 5.41. The van der Waals surface area contributed by atoms with Crippen molar-refractivity contribution in [3.05, 3.63) is 54.1 Å². The number of hydrogen-bond donors (Lipinski definition) is 2. The van der Waals surface area contributed by atoms with Crippen molar-refractivity contribution in [2.75, 3.05) is 17.2 Å². The highest BCUT2D eigenvalue weighted by Crippen LogP contribution is 2.36. The molecule has 1 aliphatic rings. The molecule has 0 saturated carbocycles. The summed E-state index contributed by atoms with van der Waals surface area (Å²) in [5, 5.41) is 0. The smallest absolute Gasteiger partial charge is 0.268 e. The van der Waals surface area contributed by atoms with Crippen molar-refractivity contribution in [2.24, 2.45) is 5.73 Å². The minimum Gasteiger partial charge on any atom is -0.478 e. The standard InChI is InChI=1S/C17H17N3O3/c18-12-6-7-13-14(9-12)23-15(8-11-4-2-1-3-5-11)17(22)20(13)10-16(19)21/h1-7,9,15H,8,10,18H2,(H2,19,21). The molecule has 4 N–H and O–H groups in total. The molecule has 23 heavy (non-hydrogen) atoms. The van der Waals surface area contributed by atoms with Gasteiger partial charge in [-0.1, -0.05) is 30.3 Å². The summed E-state index contributed by atoms with van der Waals surface area (Å²) in [6, 6.07) is 14.5. The van der Waals surface area contributed by atoms with Crippen molar-refractivity contribution in [3.8, 4) is 5.75 Å². The lowest BCUT2D eigenvalue weighted by molar-refractivity contribution is -0.128. The molecule has 2 aromatic rings. The van der Waals surface area contributed by atoms with E-state index in [1.165, 1.54) is 4.90 Å². The van der Waals surface area contributed by atoms with Gasteiger partial charge in [-0.2, -0.15) is 0 Å². The van der Waals surface area contributed by atoms with E-state index in [0.717, 1.165) is 5.56 Å². The van der Waals surface area contributed by atoms with Crippen LogP contribution in [0.2, 0.25) is 0 Å². The van der Waals surface area contributed by atoms with Gasteiger partial charge < -0.3 is 16.2 Å². The van der Waals surface area contributed by atoms with E-state index in [-0.39, 0.29) is 12.5 Å². The summed E-state index contributed by atoms with van der Waals surface area (Å²) >= 11 is 0. The number of amides is 2. The van der Waals surface area contributed by atoms with E-state index in [4.69, 9.17) is 16.2 Å². The number of ether oxygens (including phenoxy) is 1. The summed E-state index contributed by atoms with van der Waals surface area (Å²) in [4.78, 5) is 25.3. The minimum absolute atomic E-state index is 0.190. The van der Waals surface area contributed by atoms with Crippen molar-refractivity contribution in [1.29, 1.82) is 0 Å². The zero-order chi connectivity index (χ0) is 16.4. The number of rotatable bonds is 4. The van der Waals surface area contributed by atoms with E-state index < -0.39 is 12.0 Å². The van der Waals surface area contributed by atoms with Gasteiger partial charge in [0.2, 0.25) is 5.91 Å². The van der Waals surface area contributed by atoms with E-state index in [2.05, 4.69) is 0 Å². The molecule has 6 heteroatoms. The molecule has 0 spiro atoms. The summed E-state index contributed by atoms with van der Waals surface area (Å²) in [6.45, 7) is -0.190. The normalized spacial score (nSPS) is 16.6. The SMILES string of the molecule is NC(=O)CN1C(=O)C(Cc2ccccc2)Oc2cc(N)ccc21. The van der Waals surface area contributed by atoms with Crippen molar-refractivity contribution in [3.63, 3.8) is 0 Å². The molecule has 0 aromatic heterocycles. The van der Waals surface area contributed by atoms with Crippen LogP contribution in [0.25, 0.3) is 0 Å². The van der Waals surface area contributed by atoms with E-state index in [1.807, 2.05) is 30.3 Å². The van der Waals surface area contributed by atoms with Crippen LogP contribution in [0.4, 0.5) is 11.4 Å². The highest BCUT2D eigenvalue weighted by Gasteiger charge is 2.35. The molecule has 1 heterocycles. The third-order valence-corrected chi connectivity index (χ3v) is 3.66. The number of hydrogen-bond acceptors (Lipinski definition) is 4. The van der Waals surface area contributed by atoms with Gasteiger partial charge in [-0.05, 0) is 17.7 Å². The fourth-order valence-corrected chi connectivity index (χ4v) is 2.62. The maximum atomic E-state index is 12.7. The highest BCUT2D eigenvalue weighted by atomic mass is 16.5. The average molecular weight is 311 g/mol. The maximum Gasteiger partial charge on any atom is 0.268 e. The molecule has 0 radical (unpaired) electrons. The van der Waals surface area contributed by atoms with Crippen LogP contribution in [0.1, 0.15) is 5.56 Å². The van der Waals surface area contributed by atoms with Crippen LogP contribution in [0, 0.1) is 0 Å². The monoisotopic (exact) mass is 311 g/mol. The molecule has 6 nitrogen and oxygen atoms in total. The van der Waals surface area contributed by atoms with Crippen LogP contribution in [-0.2, 0) is 16.0 Å². The zero-order valence-corrected chi connectivity index (χ0v) is 12.4. The quantitative estimate of drug-likeness (QED) is 0.826. The Bertz CT molecular complexity index is 746. The molecule has 1 aliphatic heterocycles. The Hall–Kier alpha value is -3.02. The molecule has 0 saturated heterocycles. The largest absolute Gasteiger partial charge is 0.478 e. The second kappa shape index (κ2) is 6.00. The van der Waals surface area contributed by atoms with Crippen molar-refractivity contribution in [2.45, 2.75) is 12.5 Å². The number of fused-ring (bicyclic) bond motifs is 1. The predicted molar refractivity (Wildman–Crippen MR) is 87.0 cm³/mol. The summed E-state index contributed by atoms with van der Waals surface area (Å²) in [6.07, 6.45) is -0.311. The molecule has 1 unspecified atom stereocenters. The minimum atomic E-state index is -0.717. The van der Waals surface area contributed by atoms with Gasteiger partial charge in [0.25, 0.3) is 5.91 Å². The Morgan fingerprint density at radius 3 is 2.61 bits per heavy atom. The first-order valence-corrected chi connectivity index (χ1v) is 7.24. The molecular formula is C17H17N3O3. The molecule has 0 aliphatic carbocycles. The first-order chi connectivity index (χ1) is 11.0. The molecule has 3 rings (SSSR count). The Labute approximate surface area is 133 Å².